The number of ether oxygens (including phenoxy) is 4. The van der Waals surface area contributed by atoms with Gasteiger partial charge in [0.15, 0.2) is 17.6 Å². The van der Waals surface area contributed by atoms with Crippen molar-refractivity contribution in [2.24, 2.45) is 0 Å². The molecule has 1 aliphatic rings. The van der Waals surface area contributed by atoms with E-state index in [2.05, 4.69) is 5.32 Å². The predicted molar refractivity (Wildman–Crippen MR) is 89.1 cm³/mol. The van der Waals surface area contributed by atoms with Crippen LogP contribution in [-0.2, 0) is 4.79 Å². The van der Waals surface area contributed by atoms with E-state index >= 15 is 0 Å². The molecule has 0 saturated carbocycles. The lowest BCUT2D eigenvalue weighted by Crippen LogP contribution is -2.30. The van der Waals surface area contributed by atoms with Crippen LogP contribution in [0.2, 0.25) is 0 Å². The maximum Gasteiger partial charge on any atom is 0.265 e. The minimum Gasteiger partial charge on any atom is -0.497 e. The van der Waals surface area contributed by atoms with E-state index in [1.807, 2.05) is 6.07 Å². The van der Waals surface area contributed by atoms with Crippen LogP contribution in [0, 0.1) is 0 Å². The van der Waals surface area contributed by atoms with Gasteiger partial charge in [-0.1, -0.05) is 6.07 Å². The third-order valence-corrected chi connectivity index (χ3v) is 3.53. The molecule has 0 aliphatic carbocycles. The van der Waals surface area contributed by atoms with Crippen LogP contribution >= 0.6 is 0 Å². The number of benzene rings is 2. The highest BCUT2D eigenvalue weighted by Crippen LogP contribution is 2.32. The molecular formula is C18H19NO5. The summed E-state index contributed by atoms with van der Waals surface area (Å²) in [4.78, 5) is 12.3. The van der Waals surface area contributed by atoms with Gasteiger partial charge in [-0.15, -0.1) is 0 Å². The summed E-state index contributed by atoms with van der Waals surface area (Å²) in [5.74, 6) is 2.29. The largest absolute Gasteiger partial charge is 0.497 e. The lowest BCUT2D eigenvalue weighted by molar-refractivity contribution is -0.122. The molecule has 0 radical (unpaired) electrons. The second kappa shape index (κ2) is 7.12. The first-order valence-electron chi connectivity index (χ1n) is 7.67. The van der Waals surface area contributed by atoms with Gasteiger partial charge in [-0.2, -0.15) is 0 Å². The van der Waals surface area contributed by atoms with Gasteiger partial charge in [0.05, 0.1) is 7.11 Å². The minimum absolute atomic E-state index is 0.255. The molecule has 24 heavy (non-hydrogen) atoms. The molecule has 1 heterocycles. The highest BCUT2D eigenvalue weighted by atomic mass is 16.6. The molecule has 1 atom stereocenters. The fraction of sp³-hybridized carbons (Fsp3) is 0.278. The van der Waals surface area contributed by atoms with Crippen LogP contribution in [0.25, 0.3) is 0 Å². The van der Waals surface area contributed by atoms with E-state index < -0.39 is 6.10 Å². The monoisotopic (exact) mass is 329 g/mol. The van der Waals surface area contributed by atoms with E-state index in [0.717, 1.165) is 0 Å². The van der Waals surface area contributed by atoms with Crippen molar-refractivity contribution in [3.05, 3.63) is 42.5 Å². The molecule has 0 fully saturated rings. The van der Waals surface area contributed by atoms with Gasteiger partial charge in [-0.3, -0.25) is 4.79 Å². The van der Waals surface area contributed by atoms with Crippen LogP contribution in [0.5, 0.6) is 23.0 Å². The Bertz CT molecular complexity index is 731. The van der Waals surface area contributed by atoms with Crippen molar-refractivity contribution < 1.29 is 23.7 Å². The van der Waals surface area contributed by atoms with Gasteiger partial charge in [-0.25, -0.2) is 0 Å². The van der Waals surface area contributed by atoms with Gasteiger partial charge in [-0.05, 0) is 31.2 Å². The van der Waals surface area contributed by atoms with Crippen molar-refractivity contribution in [3.63, 3.8) is 0 Å². The van der Waals surface area contributed by atoms with Crippen LogP contribution in [0.3, 0.4) is 0 Å². The minimum atomic E-state index is -0.662. The SMILES string of the molecule is COc1cccc(O[C@@H](C)C(=O)Nc2ccc3c(c2)OCCO3)c1. The number of carbonyl (C=O) groups is 1. The van der Waals surface area contributed by atoms with Gasteiger partial charge >= 0.3 is 0 Å². The van der Waals surface area contributed by atoms with Crippen LogP contribution in [-0.4, -0.2) is 32.3 Å². The van der Waals surface area contributed by atoms with Crippen molar-refractivity contribution in [2.45, 2.75) is 13.0 Å². The summed E-state index contributed by atoms with van der Waals surface area (Å²) in [6.45, 7) is 2.72. The molecule has 3 rings (SSSR count). The van der Waals surface area contributed by atoms with Crippen molar-refractivity contribution in [2.75, 3.05) is 25.6 Å². The first-order valence-corrected chi connectivity index (χ1v) is 7.67. The number of carbonyl (C=O) groups excluding carboxylic acids is 1. The van der Waals surface area contributed by atoms with Gasteiger partial charge in [0.2, 0.25) is 0 Å². The number of methoxy groups -OCH3 is 1. The molecule has 2 aromatic carbocycles. The molecule has 126 valence electrons. The van der Waals surface area contributed by atoms with Crippen molar-refractivity contribution in [3.8, 4) is 23.0 Å². The average Bonchev–Trinajstić information content (AvgIpc) is 2.61. The lowest BCUT2D eigenvalue weighted by Gasteiger charge is -2.20. The average molecular weight is 329 g/mol. The Balaban J connectivity index is 1.63. The number of fused-ring (bicyclic) bond motifs is 1. The Hall–Kier alpha value is -2.89. The van der Waals surface area contributed by atoms with Crippen molar-refractivity contribution in [1.29, 1.82) is 0 Å². The summed E-state index contributed by atoms with van der Waals surface area (Å²) in [6.07, 6.45) is -0.662. The fourth-order valence-electron chi connectivity index (χ4n) is 2.30. The number of rotatable bonds is 5. The zero-order valence-electron chi connectivity index (χ0n) is 13.6. The van der Waals surface area contributed by atoms with Crippen molar-refractivity contribution >= 4 is 11.6 Å². The third-order valence-electron chi connectivity index (χ3n) is 3.53. The van der Waals surface area contributed by atoms with Crippen LogP contribution < -0.4 is 24.3 Å². The van der Waals surface area contributed by atoms with Gasteiger partial charge < -0.3 is 24.3 Å². The van der Waals surface area contributed by atoms with E-state index in [9.17, 15) is 4.79 Å². The topological polar surface area (TPSA) is 66.0 Å². The van der Waals surface area contributed by atoms with Gasteiger partial charge in [0, 0.05) is 17.8 Å². The molecule has 0 unspecified atom stereocenters. The maximum absolute atomic E-state index is 12.3. The number of amides is 1. The zero-order chi connectivity index (χ0) is 16.9. The molecular weight excluding hydrogens is 310 g/mol. The maximum atomic E-state index is 12.3. The van der Waals surface area contributed by atoms with E-state index in [0.29, 0.717) is 41.9 Å². The van der Waals surface area contributed by atoms with E-state index in [-0.39, 0.29) is 5.91 Å². The summed E-state index contributed by atoms with van der Waals surface area (Å²) in [7, 11) is 1.58. The number of nitrogens with one attached hydrogen (secondary N) is 1. The first kappa shape index (κ1) is 16.0. The smallest absolute Gasteiger partial charge is 0.265 e. The molecule has 1 N–H and O–H groups in total. The van der Waals surface area contributed by atoms with Crippen LogP contribution in [0.1, 0.15) is 6.92 Å². The molecule has 2 aromatic rings. The van der Waals surface area contributed by atoms with Crippen LogP contribution in [0.4, 0.5) is 5.69 Å². The predicted octanol–water partition coefficient (Wildman–Crippen LogP) is 2.87. The summed E-state index contributed by atoms with van der Waals surface area (Å²) in [5.41, 5.74) is 0.630. The molecule has 0 aromatic heterocycles. The molecule has 0 saturated heterocycles. The number of hydrogen-bond acceptors (Lipinski definition) is 5. The van der Waals surface area contributed by atoms with Gasteiger partial charge in [0.25, 0.3) is 5.91 Å². The van der Waals surface area contributed by atoms with E-state index in [4.69, 9.17) is 18.9 Å². The van der Waals surface area contributed by atoms with Crippen LogP contribution in [0.15, 0.2) is 42.5 Å². The van der Waals surface area contributed by atoms with E-state index in [1.165, 1.54) is 0 Å². The number of hydrogen-bond donors (Lipinski definition) is 1. The third kappa shape index (κ3) is 3.71. The molecule has 1 aliphatic heterocycles. The molecule has 0 bridgehead atoms. The zero-order valence-corrected chi connectivity index (χ0v) is 13.6. The molecule has 1 amide bonds. The second-order valence-corrected chi connectivity index (χ2v) is 5.29. The fourth-order valence-corrected chi connectivity index (χ4v) is 2.30. The second-order valence-electron chi connectivity index (χ2n) is 5.29. The Labute approximate surface area is 140 Å². The molecule has 0 spiro atoms. The Morgan fingerprint density at radius 1 is 1.08 bits per heavy atom. The quantitative estimate of drug-likeness (QED) is 0.914. The standard InChI is InChI=1S/C18H19NO5/c1-12(24-15-5-3-4-14(11-15)21-2)18(20)19-13-6-7-16-17(10-13)23-9-8-22-16/h3-7,10-12H,8-9H2,1-2H3,(H,19,20)/t12-/m0/s1. The van der Waals surface area contributed by atoms with E-state index in [1.54, 1.807) is 50.4 Å². The summed E-state index contributed by atoms with van der Waals surface area (Å²) < 4.78 is 21.8. The van der Waals surface area contributed by atoms with Crippen molar-refractivity contribution in [1.82, 2.24) is 0 Å². The normalized spacial score (nSPS) is 13.8. The van der Waals surface area contributed by atoms with Gasteiger partial charge in [0.1, 0.15) is 24.7 Å². The summed E-state index contributed by atoms with van der Waals surface area (Å²) in [6, 6.07) is 12.4. The molecule has 6 nitrogen and oxygen atoms in total. The highest BCUT2D eigenvalue weighted by molar-refractivity contribution is 5.94. The Morgan fingerprint density at radius 2 is 1.83 bits per heavy atom. The first-order chi connectivity index (χ1) is 11.7. The summed E-state index contributed by atoms with van der Waals surface area (Å²) in [5, 5.41) is 2.81. The Kier molecular flexibility index (Phi) is 4.74. The molecule has 6 heteroatoms. The lowest BCUT2D eigenvalue weighted by atomic mass is 10.2. The Morgan fingerprint density at radius 3 is 2.62 bits per heavy atom. The number of anilines is 1. The summed E-state index contributed by atoms with van der Waals surface area (Å²) >= 11 is 0. The highest BCUT2D eigenvalue weighted by Gasteiger charge is 2.17.